The highest BCUT2D eigenvalue weighted by Crippen LogP contribution is 2.01. The Morgan fingerprint density at radius 1 is 1.12 bits per heavy atom. The zero-order valence-corrected chi connectivity index (χ0v) is 5.49. The number of benzene rings is 1. The van der Waals surface area contributed by atoms with E-state index in [1.807, 2.05) is 12.1 Å². The average Bonchev–Trinajstić information content (AvgIpc) is 1.77. The molecule has 0 heterocycles. The molecule has 0 aliphatic carbocycles. The van der Waals surface area contributed by atoms with Crippen LogP contribution >= 0.6 is 0 Å². The summed E-state index contributed by atoms with van der Waals surface area (Å²) in [5.41, 5.74) is 0. The van der Waals surface area contributed by atoms with Gasteiger partial charge in [0.15, 0.2) is 0 Å². The van der Waals surface area contributed by atoms with E-state index in [-0.39, 0.29) is 0 Å². The predicted octanol–water partition coefficient (Wildman–Crippen LogP) is -0.0817. The van der Waals surface area contributed by atoms with E-state index in [1.165, 1.54) is 0 Å². The van der Waals surface area contributed by atoms with Crippen LogP contribution in [-0.4, -0.2) is 15.3 Å². The van der Waals surface area contributed by atoms with Crippen molar-refractivity contribution in [2.75, 3.05) is 0 Å². The first-order valence-electron chi connectivity index (χ1n) is 2.33. The fraction of sp³-hybridized carbons (Fsp3) is 0. The van der Waals surface area contributed by atoms with Crippen LogP contribution < -0.4 is 5.19 Å². The van der Waals surface area contributed by atoms with Crippen LogP contribution in [0, 0.1) is 0 Å². The van der Waals surface area contributed by atoms with Gasteiger partial charge in [-0.1, -0.05) is 17.3 Å². The van der Waals surface area contributed by atoms with Crippen LogP contribution in [0.1, 0.15) is 0 Å². The molecule has 1 rings (SSSR count). The minimum absolute atomic E-state index is 0.316. The zero-order chi connectivity index (χ0) is 5.98. The van der Waals surface area contributed by atoms with E-state index >= 15 is 0 Å². The molecule has 1 aromatic rings. The van der Waals surface area contributed by atoms with Gasteiger partial charge in [-0.2, -0.15) is 0 Å². The molecule has 1 aromatic carbocycles. The maximum atomic E-state index is 8.75. The second-order valence-corrected chi connectivity index (χ2v) is 2.26. The molecule has 8 heavy (non-hydrogen) atoms. The Morgan fingerprint density at radius 2 is 1.62 bits per heavy atom. The maximum Gasteiger partial charge on any atom is 0.115 e. The Labute approximate surface area is 51.4 Å². The molecule has 0 fully saturated rings. The van der Waals surface area contributed by atoms with Gasteiger partial charge in [-0.25, -0.2) is 0 Å². The molecule has 1 N–H and O–H groups in total. The Bertz CT molecular complexity index is 147. The van der Waals surface area contributed by atoms with Gasteiger partial charge in [-0.05, 0) is 12.1 Å². The standard InChI is InChI=1S/C6H6OSi/c7-5-1-3-6(8)4-2-5/h1-4,7-8H. The summed E-state index contributed by atoms with van der Waals surface area (Å²) in [5.74, 6) is 0.316. The average molecular weight is 122 g/mol. The molecule has 2 radical (unpaired) electrons. The predicted molar refractivity (Wildman–Crippen MR) is 34.9 cm³/mol. The van der Waals surface area contributed by atoms with Crippen LogP contribution in [0.25, 0.3) is 0 Å². The van der Waals surface area contributed by atoms with Crippen molar-refractivity contribution in [3.05, 3.63) is 24.3 Å². The molecule has 0 saturated carbocycles. The van der Waals surface area contributed by atoms with Crippen molar-refractivity contribution in [1.29, 1.82) is 0 Å². The minimum atomic E-state index is 0.316. The van der Waals surface area contributed by atoms with Crippen molar-refractivity contribution in [3.8, 4) is 5.75 Å². The van der Waals surface area contributed by atoms with E-state index in [2.05, 4.69) is 10.2 Å². The van der Waals surface area contributed by atoms with E-state index in [1.54, 1.807) is 12.1 Å². The number of aromatic hydroxyl groups is 1. The monoisotopic (exact) mass is 122 g/mol. The molecule has 2 heteroatoms. The number of hydrogen-bond acceptors (Lipinski definition) is 1. The zero-order valence-electron chi connectivity index (χ0n) is 4.33. The molecule has 0 amide bonds. The van der Waals surface area contributed by atoms with Crippen LogP contribution in [0.3, 0.4) is 0 Å². The van der Waals surface area contributed by atoms with Crippen molar-refractivity contribution < 1.29 is 5.11 Å². The topological polar surface area (TPSA) is 20.2 Å². The van der Waals surface area contributed by atoms with Gasteiger partial charge in [0.2, 0.25) is 0 Å². The third-order valence-corrected chi connectivity index (χ3v) is 1.28. The Balaban J connectivity index is 3.03. The number of hydrogen-bond donors (Lipinski definition) is 1. The first kappa shape index (κ1) is 5.38. The molecule has 0 atom stereocenters. The molecule has 0 spiro atoms. The molecule has 0 bridgehead atoms. The lowest BCUT2D eigenvalue weighted by molar-refractivity contribution is 0.475. The lowest BCUT2D eigenvalue weighted by Crippen LogP contribution is -1.97. The molecule has 0 unspecified atom stereocenters. The third kappa shape index (κ3) is 1.10. The summed E-state index contributed by atoms with van der Waals surface area (Å²) in [7, 11) is 2.54. The molecular formula is C6H6OSi. The van der Waals surface area contributed by atoms with Crippen molar-refractivity contribution >= 4 is 15.4 Å². The van der Waals surface area contributed by atoms with Gasteiger partial charge in [-0.15, -0.1) is 0 Å². The highest BCUT2D eigenvalue weighted by atomic mass is 28.1. The van der Waals surface area contributed by atoms with Crippen LogP contribution in [0.5, 0.6) is 5.75 Å². The van der Waals surface area contributed by atoms with E-state index < -0.39 is 0 Å². The SMILES string of the molecule is Oc1ccc([SiH])cc1. The first-order chi connectivity index (χ1) is 3.79. The van der Waals surface area contributed by atoms with Gasteiger partial charge in [0.1, 0.15) is 5.75 Å². The second-order valence-electron chi connectivity index (χ2n) is 1.59. The summed E-state index contributed by atoms with van der Waals surface area (Å²) in [5, 5.41) is 9.83. The fourth-order valence-electron chi connectivity index (χ4n) is 0.474. The van der Waals surface area contributed by atoms with Crippen LogP contribution in [0.15, 0.2) is 24.3 Å². The lowest BCUT2D eigenvalue weighted by atomic mass is 10.3. The third-order valence-electron chi connectivity index (χ3n) is 0.893. The molecule has 0 aromatic heterocycles. The summed E-state index contributed by atoms with van der Waals surface area (Å²) >= 11 is 0. The smallest absolute Gasteiger partial charge is 0.115 e. The minimum Gasteiger partial charge on any atom is -0.508 e. The van der Waals surface area contributed by atoms with Gasteiger partial charge >= 0.3 is 0 Å². The summed E-state index contributed by atoms with van der Waals surface area (Å²) in [6.45, 7) is 0. The van der Waals surface area contributed by atoms with Crippen molar-refractivity contribution in [3.63, 3.8) is 0 Å². The highest BCUT2D eigenvalue weighted by molar-refractivity contribution is 6.32. The van der Waals surface area contributed by atoms with Gasteiger partial charge in [0.05, 0.1) is 10.2 Å². The van der Waals surface area contributed by atoms with E-state index in [9.17, 15) is 0 Å². The van der Waals surface area contributed by atoms with Crippen LogP contribution in [0.4, 0.5) is 0 Å². The van der Waals surface area contributed by atoms with Crippen LogP contribution in [0.2, 0.25) is 0 Å². The Kier molecular flexibility index (Phi) is 1.35. The van der Waals surface area contributed by atoms with Crippen molar-refractivity contribution in [2.24, 2.45) is 0 Å². The molecule has 1 nitrogen and oxygen atoms in total. The molecule has 0 aliphatic rings. The number of rotatable bonds is 0. The molecule has 0 aliphatic heterocycles. The summed E-state index contributed by atoms with van der Waals surface area (Å²) < 4.78 is 0. The molecule has 40 valence electrons. The fourth-order valence-corrected chi connectivity index (χ4v) is 0.667. The van der Waals surface area contributed by atoms with Crippen LogP contribution in [-0.2, 0) is 0 Å². The van der Waals surface area contributed by atoms with E-state index in [0.29, 0.717) is 5.75 Å². The summed E-state index contributed by atoms with van der Waals surface area (Å²) in [4.78, 5) is 0. The number of phenols is 1. The van der Waals surface area contributed by atoms with E-state index in [4.69, 9.17) is 5.11 Å². The lowest BCUT2D eigenvalue weighted by Gasteiger charge is -1.89. The van der Waals surface area contributed by atoms with Gasteiger partial charge in [0, 0.05) is 0 Å². The summed E-state index contributed by atoms with van der Waals surface area (Å²) in [6.07, 6.45) is 0. The Morgan fingerprint density at radius 3 is 2.00 bits per heavy atom. The largest absolute Gasteiger partial charge is 0.508 e. The molecular weight excluding hydrogens is 116 g/mol. The highest BCUT2D eigenvalue weighted by Gasteiger charge is 1.82. The number of phenolic OH excluding ortho intramolecular Hbond substituents is 1. The normalized spacial score (nSPS) is 9.12. The van der Waals surface area contributed by atoms with Crippen molar-refractivity contribution in [1.82, 2.24) is 0 Å². The second kappa shape index (κ2) is 2.00. The van der Waals surface area contributed by atoms with Gasteiger partial charge < -0.3 is 5.11 Å². The summed E-state index contributed by atoms with van der Waals surface area (Å²) in [6, 6.07) is 6.98. The maximum absolute atomic E-state index is 8.75. The first-order valence-corrected chi connectivity index (χ1v) is 2.91. The Hall–Kier alpha value is -0.763. The quantitative estimate of drug-likeness (QED) is 0.477. The molecule has 0 saturated heterocycles. The van der Waals surface area contributed by atoms with E-state index in [0.717, 1.165) is 5.19 Å². The van der Waals surface area contributed by atoms with Gasteiger partial charge in [-0.3, -0.25) is 0 Å². The van der Waals surface area contributed by atoms with Gasteiger partial charge in [0.25, 0.3) is 0 Å². The van der Waals surface area contributed by atoms with Crippen molar-refractivity contribution in [2.45, 2.75) is 0 Å².